The van der Waals surface area contributed by atoms with Gasteiger partial charge in [0.15, 0.2) is 23.9 Å². The van der Waals surface area contributed by atoms with E-state index in [4.69, 9.17) is 25.8 Å². The van der Waals surface area contributed by atoms with Gasteiger partial charge in [-0.25, -0.2) is 4.79 Å². The summed E-state index contributed by atoms with van der Waals surface area (Å²) in [5.41, 5.74) is 0.121. The second-order valence-electron chi connectivity index (χ2n) is 7.98. The van der Waals surface area contributed by atoms with Crippen molar-refractivity contribution in [2.45, 2.75) is 31.2 Å². The van der Waals surface area contributed by atoms with Crippen molar-refractivity contribution < 1.29 is 28.6 Å². The van der Waals surface area contributed by atoms with E-state index in [1.165, 1.54) is 25.2 Å². The zero-order valence-electron chi connectivity index (χ0n) is 19.5. The molecule has 1 aliphatic rings. The molecule has 0 N–H and O–H groups in total. The van der Waals surface area contributed by atoms with E-state index < -0.39 is 24.0 Å². The first-order chi connectivity index (χ1) is 16.3. The van der Waals surface area contributed by atoms with E-state index in [0.29, 0.717) is 40.5 Å². The molecule has 180 valence electrons. The van der Waals surface area contributed by atoms with Gasteiger partial charge in [0.25, 0.3) is 5.91 Å². The third-order valence-corrected chi connectivity index (χ3v) is 6.41. The van der Waals surface area contributed by atoms with Crippen LogP contribution >= 0.6 is 11.6 Å². The lowest BCUT2D eigenvalue weighted by Gasteiger charge is -2.43. The van der Waals surface area contributed by atoms with Gasteiger partial charge in [-0.05, 0) is 49.1 Å². The van der Waals surface area contributed by atoms with E-state index in [9.17, 15) is 14.4 Å². The van der Waals surface area contributed by atoms with Gasteiger partial charge in [0.2, 0.25) is 0 Å². The van der Waals surface area contributed by atoms with Crippen molar-refractivity contribution in [3.63, 3.8) is 0 Å². The molecule has 0 heterocycles. The van der Waals surface area contributed by atoms with Gasteiger partial charge in [-0.15, -0.1) is 0 Å². The first-order valence-electron chi connectivity index (χ1n) is 11.0. The lowest BCUT2D eigenvalue weighted by molar-refractivity contribution is -0.155. The minimum absolute atomic E-state index is 0.0672. The predicted molar refractivity (Wildman–Crippen MR) is 129 cm³/mol. The van der Waals surface area contributed by atoms with Crippen LogP contribution < -0.4 is 9.47 Å². The molecular formula is C26H28ClNO6. The van der Waals surface area contributed by atoms with E-state index in [1.807, 2.05) is 0 Å². The molecule has 2 aromatic rings. The average molecular weight is 486 g/mol. The van der Waals surface area contributed by atoms with Crippen molar-refractivity contribution in [2.75, 3.05) is 27.9 Å². The third-order valence-electron chi connectivity index (χ3n) is 6.08. The Morgan fingerprint density at radius 1 is 1.09 bits per heavy atom. The van der Waals surface area contributed by atoms with Crippen LogP contribution in [-0.4, -0.2) is 50.4 Å². The Morgan fingerprint density at radius 3 is 2.50 bits per heavy atom. The van der Waals surface area contributed by atoms with E-state index in [2.05, 4.69) is 0 Å². The minimum atomic E-state index is -1.17. The molecule has 0 saturated heterocycles. The van der Waals surface area contributed by atoms with Crippen LogP contribution in [0.4, 0.5) is 0 Å². The Hall–Kier alpha value is -3.32. The van der Waals surface area contributed by atoms with Crippen LogP contribution in [0.1, 0.15) is 36.8 Å². The molecule has 1 atom stereocenters. The number of halogens is 1. The summed E-state index contributed by atoms with van der Waals surface area (Å²) in [5.74, 6) is -0.138. The van der Waals surface area contributed by atoms with Crippen LogP contribution in [-0.2, 0) is 24.7 Å². The number of ketones is 1. The van der Waals surface area contributed by atoms with E-state index >= 15 is 0 Å². The van der Waals surface area contributed by atoms with Gasteiger partial charge >= 0.3 is 5.97 Å². The molecule has 34 heavy (non-hydrogen) atoms. The summed E-state index contributed by atoms with van der Waals surface area (Å²) in [6.07, 6.45) is 5.14. The molecule has 0 radical (unpaired) electrons. The summed E-state index contributed by atoms with van der Waals surface area (Å²) in [6.45, 7) is -0.495. The van der Waals surface area contributed by atoms with Crippen LogP contribution in [0.2, 0.25) is 5.02 Å². The average Bonchev–Trinajstić information content (AvgIpc) is 2.86. The Kier molecular flexibility index (Phi) is 8.34. The molecule has 1 unspecified atom stereocenters. The fourth-order valence-electron chi connectivity index (χ4n) is 4.24. The number of benzene rings is 2. The SMILES string of the molecule is COc1ccc(/C=C/C(=O)OCC(=O)N(C)C2(c3ccccc3Cl)CCCCC2=O)cc1OC. The molecule has 1 saturated carbocycles. The van der Waals surface area contributed by atoms with Crippen molar-refractivity contribution in [3.8, 4) is 11.5 Å². The van der Waals surface area contributed by atoms with Gasteiger partial charge in [0.1, 0.15) is 5.54 Å². The number of esters is 1. The third kappa shape index (κ3) is 5.25. The molecule has 0 bridgehead atoms. The number of amides is 1. The summed E-state index contributed by atoms with van der Waals surface area (Å²) in [6, 6.07) is 12.2. The highest BCUT2D eigenvalue weighted by molar-refractivity contribution is 6.31. The number of rotatable bonds is 8. The monoisotopic (exact) mass is 485 g/mol. The smallest absolute Gasteiger partial charge is 0.331 e. The molecule has 8 heteroatoms. The van der Waals surface area contributed by atoms with Crippen molar-refractivity contribution in [1.82, 2.24) is 4.90 Å². The predicted octanol–water partition coefficient (Wildman–Crippen LogP) is 4.41. The number of likely N-dealkylation sites (N-methyl/N-ethyl adjacent to an activating group) is 1. The Morgan fingerprint density at radius 2 is 1.82 bits per heavy atom. The second-order valence-corrected chi connectivity index (χ2v) is 8.39. The fraction of sp³-hybridized carbons (Fsp3) is 0.346. The highest BCUT2D eigenvalue weighted by Crippen LogP contribution is 2.42. The first kappa shape index (κ1) is 25.3. The number of carbonyl (C=O) groups is 3. The molecule has 3 rings (SSSR count). The van der Waals surface area contributed by atoms with E-state index in [-0.39, 0.29) is 5.78 Å². The number of methoxy groups -OCH3 is 2. The molecule has 7 nitrogen and oxygen atoms in total. The van der Waals surface area contributed by atoms with Crippen LogP contribution in [0.5, 0.6) is 11.5 Å². The van der Waals surface area contributed by atoms with Crippen molar-refractivity contribution in [2.24, 2.45) is 0 Å². The van der Waals surface area contributed by atoms with Gasteiger partial charge in [0.05, 0.1) is 14.2 Å². The maximum atomic E-state index is 13.1. The van der Waals surface area contributed by atoms with Crippen LogP contribution in [0, 0.1) is 0 Å². The molecule has 1 aliphatic carbocycles. The van der Waals surface area contributed by atoms with Crippen molar-refractivity contribution in [3.05, 3.63) is 64.7 Å². The molecule has 0 aromatic heterocycles. The number of hydrogen-bond acceptors (Lipinski definition) is 6. The zero-order valence-corrected chi connectivity index (χ0v) is 20.3. The maximum absolute atomic E-state index is 13.1. The van der Waals surface area contributed by atoms with Gasteiger partial charge in [-0.1, -0.05) is 35.9 Å². The summed E-state index contributed by atoms with van der Waals surface area (Å²) in [5, 5.41) is 0.423. The van der Waals surface area contributed by atoms with Gasteiger partial charge < -0.3 is 19.1 Å². The highest BCUT2D eigenvalue weighted by atomic mass is 35.5. The summed E-state index contributed by atoms with van der Waals surface area (Å²) in [4.78, 5) is 39.7. The first-order valence-corrected chi connectivity index (χ1v) is 11.3. The number of carbonyl (C=O) groups excluding carboxylic acids is 3. The van der Waals surface area contributed by atoms with Crippen LogP contribution in [0.3, 0.4) is 0 Å². The van der Waals surface area contributed by atoms with E-state index in [1.54, 1.807) is 55.6 Å². The van der Waals surface area contributed by atoms with Gasteiger partial charge in [-0.3, -0.25) is 9.59 Å². The molecular weight excluding hydrogens is 458 g/mol. The van der Waals surface area contributed by atoms with Crippen LogP contribution in [0.25, 0.3) is 6.08 Å². The molecule has 1 fully saturated rings. The number of nitrogens with zero attached hydrogens (tertiary/aromatic N) is 1. The van der Waals surface area contributed by atoms with Crippen molar-refractivity contribution >= 4 is 35.3 Å². The van der Waals surface area contributed by atoms with E-state index in [0.717, 1.165) is 12.8 Å². The lowest BCUT2D eigenvalue weighted by atomic mass is 9.74. The molecule has 0 aliphatic heterocycles. The molecule has 1 amide bonds. The summed E-state index contributed by atoms with van der Waals surface area (Å²) >= 11 is 6.43. The summed E-state index contributed by atoms with van der Waals surface area (Å²) < 4.78 is 15.6. The Bertz CT molecular complexity index is 1100. The zero-order chi connectivity index (χ0) is 24.7. The van der Waals surface area contributed by atoms with Crippen LogP contribution in [0.15, 0.2) is 48.5 Å². The van der Waals surface area contributed by atoms with Gasteiger partial charge in [-0.2, -0.15) is 0 Å². The fourth-order valence-corrected chi connectivity index (χ4v) is 4.53. The van der Waals surface area contributed by atoms with Crippen molar-refractivity contribution in [1.29, 1.82) is 0 Å². The number of Topliss-reactive ketones (excluding diaryl/α,β-unsaturated/α-hetero) is 1. The lowest BCUT2D eigenvalue weighted by Crippen LogP contribution is -2.55. The largest absolute Gasteiger partial charge is 0.493 e. The second kappa shape index (κ2) is 11.2. The molecule has 0 spiro atoms. The normalized spacial score (nSPS) is 17.9. The summed E-state index contributed by atoms with van der Waals surface area (Å²) in [7, 11) is 4.62. The van der Waals surface area contributed by atoms with Gasteiger partial charge in [0, 0.05) is 30.1 Å². The number of hydrogen-bond donors (Lipinski definition) is 0. The molecule has 2 aromatic carbocycles. The quantitative estimate of drug-likeness (QED) is 0.407. The highest BCUT2D eigenvalue weighted by Gasteiger charge is 2.47. The maximum Gasteiger partial charge on any atom is 0.331 e. The Labute approximate surface area is 204 Å². The topological polar surface area (TPSA) is 82.1 Å². The number of ether oxygens (including phenoxy) is 3. The Balaban J connectivity index is 1.70. The standard InChI is InChI=1S/C26H28ClNO6/c1-28(26(15-7-6-10-23(26)29)19-8-4-5-9-20(19)27)24(30)17-34-25(31)14-12-18-11-13-21(32-2)22(16-18)33-3/h4-5,8-9,11-14,16H,6-7,10,15,17H2,1-3H3/b14-12+. The minimum Gasteiger partial charge on any atom is -0.493 e.